The number of para-hydroxylation sites is 2. The number of amides is 1. The van der Waals surface area contributed by atoms with Crippen molar-refractivity contribution in [3.05, 3.63) is 24.3 Å². The summed E-state index contributed by atoms with van der Waals surface area (Å²) in [5.41, 5.74) is 1.99. The molecule has 1 aromatic carbocycles. The highest BCUT2D eigenvalue weighted by atomic mass is 16.6. The highest BCUT2D eigenvalue weighted by molar-refractivity contribution is 5.89. The van der Waals surface area contributed by atoms with Crippen LogP contribution >= 0.6 is 0 Å². The van der Waals surface area contributed by atoms with Crippen molar-refractivity contribution >= 4 is 23.1 Å². The Balaban J connectivity index is 2.08. The lowest BCUT2D eigenvalue weighted by atomic mass is 10.3. The van der Waals surface area contributed by atoms with Crippen LogP contribution < -0.4 is 4.90 Å². The molecule has 0 aliphatic carbocycles. The molecule has 0 fully saturated rings. The number of benzene rings is 1. The summed E-state index contributed by atoms with van der Waals surface area (Å²) in [6, 6.07) is 7.93. The molecule has 0 spiro atoms. The van der Waals surface area contributed by atoms with Gasteiger partial charge in [-0.2, -0.15) is 0 Å². The van der Waals surface area contributed by atoms with Gasteiger partial charge in [0.25, 0.3) is 0 Å². The van der Waals surface area contributed by atoms with Gasteiger partial charge in [-0.25, -0.2) is 14.7 Å². The van der Waals surface area contributed by atoms with Gasteiger partial charge in [0.2, 0.25) is 5.95 Å². The molecule has 0 bridgehead atoms. The van der Waals surface area contributed by atoms with Crippen LogP contribution in [0.1, 0.15) is 13.3 Å². The predicted molar refractivity (Wildman–Crippen MR) is 68.7 cm³/mol. The van der Waals surface area contributed by atoms with E-state index in [2.05, 4.69) is 9.55 Å². The topological polar surface area (TPSA) is 47.4 Å². The first-order valence-corrected chi connectivity index (χ1v) is 6.21. The summed E-state index contributed by atoms with van der Waals surface area (Å²) in [5.74, 6) is 0.695. The van der Waals surface area contributed by atoms with Crippen LogP contribution in [0, 0.1) is 0 Å². The predicted octanol–water partition coefficient (Wildman–Crippen LogP) is 2.40. The van der Waals surface area contributed by atoms with E-state index in [4.69, 9.17) is 4.74 Å². The van der Waals surface area contributed by atoms with E-state index >= 15 is 0 Å². The second kappa shape index (κ2) is 4.33. The van der Waals surface area contributed by atoms with Crippen molar-refractivity contribution < 1.29 is 9.53 Å². The molecule has 2 aromatic rings. The van der Waals surface area contributed by atoms with Crippen molar-refractivity contribution in [2.24, 2.45) is 0 Å². The minimum atomic E-state index is -0.311. The van der Waals surface area contributed by atoms with E-state index in [1.807, 2.05) is 31.2 Å². The maximum absolute atomic E-state index is 11.9. The summed E-state index contributed by atoms with van der Waals surface area (Å²) >= 11 is 0. The third-order valence-corrected chi connectivity index (χ3v) is 3.13. The van der Waals surface area contributed by atoms with Gasteiger partial charge >= 0.3 is 6.09 Å². The Hall–Kier alpha value is -2.04. The summed E-state index contributed by atoms with van der Waals surface area (Å²) in [6.07, 6.45) is 0.611. The Kier molecular flexibility index (Phi) is 2.66. The molecule has 3 rings (SSSR count). The van der Waals surface area contributed by atoms with E-state index in [0.717, 1.165) is 24.0 Å². The molecule has 0 atom stereocenters. The Morgan fingerprint density at radius 3 is 3.06 bits per heavy atom. The fourth-order valence-corrected chi connectivity index (χ4v) is 2.35. The zero-order valence-electron chi connectivity index (χ0n) is 10.3. The third-order valence-electron chi connectivity index (χ3n) is 3.13. The first kappa shape index (κ1) is 11.1. The standard InChI is InChI=1S/C13H15N3O2/c1-2-18-13(17)16-9-5-8-15-11-7-4-3-6-10(11)14-12(15)16/h3-4,6-7H,2,5,8-9H2,1H3. The highest BCUT2D eigenvalue weighted by Crippen LogP contribution is 2.26. The molecule has 18 heavy (non-hydrogen) atoms. The number of hydrogen-bond acceptors (Lipinski definition) is 3. The fraction of sp³-hybridized carbons (Fsp3) is 0.385. The van der Waals surface area contributed by atoms with E-state index in [9.17, 15) is 4.79 Å². The third kappa shape index (κ3) is 1.63. The van der Waals surface area contributed by atoms with Crippen LogP contribution in [0.4, 0.5) is 10.7 Å². The van der Waals surface area contributed by atoms with Crippen molar-refractivity contribution in [2.45, 2.75) is 19.9 Å². The summed E-state index contributed by atoms with van der Waals surface area (Å²) in [6.45, 7) is 3.76. The van der Waals surface area contributed by atoms with Gasteiger partial charge in [-0.3, -0.25) is 0 Å². The second-order valence-electron chi connectivity index (χ2n) is 4.26. The number of carbonyl (C=O) groups is 1. The number of fused-ring (bicyclic) bond motifs is 3. The van der Waals surface area contributed by atoms with Gasteiger partial charge < -0.3 is 9.30 Å². The zero-order chi connectivity index (χ0) is 12.5. The summed E-state index contributed by atoms with van der Waals surface area (Å²) in [5, 5.41) is 0. The molecule has 1 amide bonds. The van der Waals surface area contributed by atoms with Gasteiger partial charge in [0, 0.05) is 13.1 Å². The molecule has 0 saturated carbocycles. The minimum Gasteiger partial charge on any atom is -0.449 e. The first-order chi connectivity index (χ1) is 8.81. The SMILES string of the molecule is CCOC(=O)N1CCCn2c1nc1ccccc12. The molecular weight excluding hydrogens is 230 g/mol. The maximum Gasteiger partial charge on any atom is 0.416 e. The molecule has 1 aromatic heterocycles. The van der Waals surface area contributed by atoms with Crippen molar-refractivity contribution in [1.29, 1.82) is 0 Å². The summed E-state index contributed by atoms with van der Waals surface area (Å²) in [4.78, 5) is 18.0. The van der Waals surface area contributed by atoms with Crippen molar-refractivity contribution in [3.63, 3.8) is 0 Å². The molecule has 1 aliphatic heterocycles. The maximum atomic E-state index is 11.9. The highest BCUT2D eigenvalue weighted by Gasteiger charge is 2.26. The normalized spacial score (nSPS) is 14.6. The molecule has 1 aliphatic rings. The quantitative estimate of drug-likeness (QED) is 0.775. The second-order valence-corrected chi connectivity index (χ2v) is 4.26. The number of hydrogen-bond donors (Lipinski definition) is 0. The lowest BCUT2D eigenvalue weighted by Gasteiger charge is -2.26. The molecule has 94 valence electrons. The average molecular weight is 245 g/mol. The van der Waals surface area contributed by atoms with Gasteiger partial charge in [-0.15, -0.1) is 0 Å². The molecule has 0 unspecified atom stereocenters. The van der Waals surface area contributed by atoms with E-state index in [0.29, 0.717) is 19.1 Å². The Labute approximate surface area is 105 Å². The molecule has 5 nitrogen and oxygen atoms in total. The number of anilines is 1. The van der Waals surface area contributed by atoms with Gasteiger partial charge in [-0.1, -0.05) is 12.1 Å². The Bertz CT molecular complexity index is 591. The zero-order valence-corrected chi connectivity index (χ0v) is 10.3. The smallest absolute Gasteiger partial charge is 0.416 e. The minimum absolute atomic E-state index is 0.311. The number of aromatic nitrogens is 2. The van der Waals surface area contributed by atoms with Gasteiger partial charge in [0.15, 0.2) is 0 Å². The lowest BCUT2D eigenvalue weighted by Crippen LogP contribution is -2.38. The van der Waals surface area contributed by atoms with Gasteiger partial charge in [0.05, 0.1) is 17.6 Å². The van der Waals surface area contributed by atoms with E-state index in [1.165, 1.54) is 0 Å². The molecular formula is C13H15N3O2. The van der Waals surface area contributed by atoms with Crippen LogP contribution in [0.25, 0.3) is 11.0 Å². The molecule has 2 heterocycles. The molecule has 0 N–H and O–H groups in total. The average Bonchev–Trinajstić information content (AvgIpc) is 2.77. The van der Waals surface area contributed by atoms with E-state index in [1.54, 1.807) is 4.90 Å². The number of rotatable bonds is 1. The first-order valence-electron chi connectivity index (χ1n) is 6.21. The number of aryl methyl sites for hydroxylation is 1. The fourth-order valence-electron chi connectivity index (χ4n) is 2.35. The largest absolute Gasteiger partial charge is 0.449 e. The monoisotopic (exact) mass is 245 g/mol. The van der Waals surface area contributed by atoms with Crippen LogP contribution in [0.3, 0.4) is 0 Å². The summed E-state index contributed by atoms with van der Waals surface area (Å²) < 4.78 is 7.15. The number of carbonyl (C=O) groups excluding carboxylic acids is 1. The lowest BCUT2D eigenvalue weighted by molar-refractivity contribution is 0.158. The Morgan fingerprint density at radius 1 is 1.39 bits per heavy atom. The van der Waals surface area contributed by atoms with Gasteiger partial charge in [0.1, 0.15) is 0 Å². The van der Waals surface area contributed by atoms with Crippen LogP contribution in [0.2, 0.25) is 0 Å². The number of imidazole rings is 1. The molecule has 5 heteroatoms. The van der Waals surface area contributed by atoms with E-state index in [-0.39, 0.29) is 6.09 Å². The van der Waals surface area contributed by atoms with Crippen molar-refractivity contribution in [3.8, 4) is 0 Å². The van der Waals surface area contributed by atoms with Crippen LogP contribution in [-0.2, 0) is 11.3 Å². The Morgan fingerprint density at radius 2 is 2.22 bits per heavy atom. The molecule has 0 radical (unpaired) electrons. The number of nitrogens with zero attached hydrogens (tertiary/aromatic N) is 3. The van der Waals surface area contributed by atoms with Crippen LogP contribution in [0.5, 0.6) is 0 Å². The van der Waals surface area contributed by atoms with Gasteiger partial charge in [-0.05, 0) is 25.5 Å². The summed E-state index contributed by atoms with van der Waals surface area (Å²) in [7, 11) is 0. The van der Waals surface area contributed by atoms with Crippen molar-refractivity contribution in [2.75, 3.05) is 18.1 Å². The van der Waals surface area contributed by atoms with Crippen LogP contribution in [-0.4, -0.2) is 28.8 Å². The van der Waals surface area contributed by atoms with Crippen LogP contribution in [0.15, 0.2) is 24.3 Å². The molecule has 0 saturated heterocycles. The van der Waals surface area contributed by atoms with Crippen molar-refractivity contribution in [1.82, 2.24) is 9.55 Å². The number of ether oxygens (including phenoxy) is 1. The van der Waals surface area contributed by atoms with E-state index < -0.39 is 0 Å².